The van der Waals surface area contributed by atoms with Gasteiger partial charge in [-0.25, -0.2) is 9.97 Å². The quantitative estimate of drug-likeness (QED) is 0.883. The van der Waals surface area contributed by atoms with Crippen LogP contribution in [0.5, 0.6) is 0 Å². The van der Waals surface area contributed by atoms with Gasteiger partial charge in [-0.1, -0.05) is 41.9 Å². The van der Waals surface area contributed by atoms with Crippen LogP contribution in [0.1, 0.15) is 23.9 Å². The summed E-state index contributed by atoms with van der Waals surface area (Å²) in [5.74, 6) is 1.49. The predicted molar refractivity (Wildman–Crippen MR) is 85.6 cm³/mol. The number of aromatic nitrogens is 2. The van der Waals surface area contributed by atoms with Crippen LogP contribution < -0.4 is 5.32 Å². The second-order valence-corrected chi connectivity index (χ2v) is 5.89. The van der Waals surface area contributed by atoms with Crippen molar-refractivity contribution in [2.24, 2.45) is 0 Å². The predicted octanol–water partition coefficient (Wildman–Crippen LogP) is 3.30. The lowest BCUT2D eigenvalue weighted by atomic mass is 10.0. The molecule has 21 heavy (non-hydrogen) atoms. The van der Waals surface area contributed by atoms with Crippen LogP contribution in [0.15, 0.2) is 36.4 Å². The molecule has 0 aliphatic carbocycles. The maximum atomic E-state index is 6.02. The van der Waals surface area contributed by atoms with E-state index in [1.54, 1.807) is 6.07 Å². The highest BCUT2D eigenvalue weighted by Gasteiger charge is 2.33. The first-order chi connectivity index (χ1) is 10.1. The molecule has 1 aromatic carbocycles. The molecule has 2 atom stereocenters. The molecule has 2 aromatic rings. The molecule has 1 saturated heterocycles. The number of anilines is 1. The Morgan fingerprint density at radius 2 is 2.00 bits per heavy atom. The molecule has 5 heteroatoms. The molecule has 1 aliphatic rings. The van der Waals surface area contributed by atoms with E-state index >= 15 is 0 Å². The third kappa shape index (κ3) is 3.17. The standard InChI is InChI=1S/C16H19ClN4/c1-11-18-14(17)10-15(19-11)20-13-8-9-21(2)16(13)12-6-4-3-5-7-12/h3-7,10,13,16H,8-9H2,1-2H3,(H,18,19,20)/t13-,16-/m1/s1. The van der Waals surface area contributed by atoms with E-state index in [9.17, 15) is 0 Å². The Bertz CT molecular complexity index is 597. The minimum Gasteiger partial charge on any atom is -0.365 e. The SMILES string of the molecule is Cc1nc(Cl)cc(N[C@@H]2CCN(C)[C@@H]2c2ccccc2)n1. The number of aryl methyl sites for hydroxylation is 1. The van der Waals surface area contributed by atoms with Crippen molar-refractivity contribution < 1.29 is 0 Å². The Hall–Kier alpha value is -1.65. The number of hydrogen-bond acceptors (Lipinski definition) is 4. The molecule has 0 unspecified atom stereocenters. The Morgan fingerprint density at radius 3 is 2.71 bits per heavy atom. The first kappa shape index (κ1) is 14.3. The first-order valence-corrected chi connectivity index (χ1v) is 7.54. The Labute approximate surface area is 130 Å². The largest absolute Gasteiger partial charge is 0.365 e. The van der Waals surface area contributed by atoms with Gasteiger partial charge in [-0.3, -0.25) is 4.90 Å². The fourth-order valence-electron chi connectivity index (χ4n) is 3.03. The van der Waals surface area contributed by atoms with Gasteiger partial charge in [-0.05, 0) is 26.0 Å². The van der Waals surface area contributed by atoms with E-state index < -0.39 is 0 Å². The van der Waals surface area contributed by atoms with Gasteiger partial charge in [-0.2, -0.15) is 0 Å². The van der Waals surface area contributed by atoms with Gasteiger partial charge in [0.2, 0.25) is 0 Å². The number of likely N-dealkylation sites (N-methyl/N-ethyl adjacent to an activating group) is 1. The van der Waals surface area contributed by atoms with Gasteiger partial charge in [0.25, 0.3) is 0 Å². The smallest absolute Gasteiger partial charge is 0.134 e. The number of rotatable bonds is 3. The molecule has 4 nitrogen and oxygen atoms in total. The minimum absolute atomic E-state index is 0.322. The molecule has 0 saturated carbocycles. The van der Waals surface area contributed by atoms with E-state index in [0.717, 1.165) is 18.8 Å². The summed E-state index contributed by atoms with van der Waals surface area (Å²) in [6.07, 6.45) is 1.08. The van der Waals surface area contributed by atoms with Crippen LogP contribution in [0.2, 0.25) is 5.15 Å². The molecule has 1 aromatic heterocycles. The van der Waals surface area contributed by atoms with E-state index in [0.29, 0.717) is 23.1 Å². The normalized spacial score (nSPS) is 22.4. The van der Waals surface area contributed by atoms with Crippen LogP contribution in [0, 0.1) is 6.92 Å². The minimum atomic E-state index is 0.322. The Kier molecular flexibility index (Phi) is 4.08. The number of hydrogen-bond donors (Lipinski definition) is 1. The topological polar surface area (TPSA) is 41.1 Å². The van der Waals surface area contributed by atoms with Gasteiger partial charge in [-0.15, -0.1) is 0 Å². The highest BCUT2D eigenvalue weighted by Crippen LogP contribution is 2.32. The number of nitrogens with one attached hydrogen (secondary N) is 1. The molecule has 1 fully saturated rings. The van der Waals surface area contributed by atoms with Crippen LogP contribution in [0.25, 0.3) is 0 Å². The van der Waals surface area contributed by atoms with Gasteiger partial charge in [0.1, 0.15) is 16.8 Å². The highest BCUT2D eigenvalue weighted by atomic mass is 35.5. The van der Waals surface area contributed by atoms with Crippen LogP contribution in [-0.4, -0.2) is 34.5 Å². The molecular formula is C16H19ClN4. The van der Waals surface area contributed by atoms with E-state index in [2.05, 4.69) is 57.6 Å². The summed E-state index contributed by atoms with van der Waals surface area (Å²) in [7, 11) is 2.16. The zero-order chi connectivity index (χ0) is 14.8. The molecule has 0 radical (unpaired) electrons. The fourth-order valence-corrected chi connectivity index (χ4v) is 3.26. The summed E-state index contributed by atoms with van der Waals surface area (Å²) in [6, 6.07) is 13.0. The second kappa shape index (κ2) is 6.00. The maximum Gasteiger partial charge on any atom is 0.134 e. The van der Waals surface area contributed by atoms with Crippen LogP contribution in [-0.2, 0) is 0 Å². The lowest BCUT2D eigenvalue weighted by Crippen LogP contribution is -2.29. The number of halogens is 1. The monoisotopic (exact) mass is 302 g/mol. The highest BCUT2D eigenvalue weighted by molar-refractivity contribution is 6.29. The van der Waals surface area contributed by atoms with Gasteiger partial charge < -0.3 is 5.32 Å². The average Bonchev–Trinajstić information content (AvgIpc) is 2.79. The average molecular weight is 303 g/mol. The summed E-state index contributed by atoms with van der Waals surface area (Å²) in [4.78, 5) is 10.9. The third-order valence-electron chi connectivity index (χ3n) is 3.93. The molecule has 3 rings (SSSR count). The maximum absolute atomic E-state index is 6.02. The van der Waals surface area contributed by atoms with Crippen molar-refractivity contribution in [3.8, 4) is 0 Å². The summed E-state index contributed by atoms with van der Waals surface area (Å²) < 4.78 is 0. The number of benzene rings is 1. The molecular weight excluding hydrogens is 284 g/mol. The van der Waals surface area contributed by atoms with Crippen molar-refractivity contribution in [2.45, 2.75) is 25.4 Å². The second-order valence-electron chi connectivity index (χ2n) is 5.50. The van der Waals surface area contributed by atoms with Gasteiger partial charge >= 0.3 is 0 Å². The molecule has 2 heterocycles. The molecule has 0 bridgehead atoms. The van der Waals surface area contributed by atoms with E-state index in [1.807, 2.05) is 6.92 Å². The third-order valence-corrected chi connectivity index (χ3v) is 4.12. The Balaban J connectivity index is 1.84. The zero-order valence-corrected chi connectivity index (χ0v) is 13.0. The summed E-state index contributed by atoms with van der Waals surface area (Å²) in [5.41, 5.74) is 1.33. The van der Waals surface area contributed by atoms with Crippen molar-refractivity contribution in [3.05, 3.63) is 52.9 Å². The van der Waals surface area contributed by atoms with Crippen molar-refractivity contribution in [2.75, 3.05) is 18.9 Å². The van der Waals surface area contributed by atoms with Gasteiger partial charge in [0.15, 0.2) is 0 Å². The van der Waals surface area contributed by atoms with Crippen molar-refractivity contribution >= 4 is 17.4 Å². The van der Waals surface area contributed by atoms with Crippen molar-refractivity contribution in [1.29, 1.82) is 0 Å². The van der Waals surface area contributed by atoms with E-state index in [1.165, 1.54) is 5.56 Å². The summed E-state index contributed by atoms with van der Waals surface area (Å²) in [5, 5.41) is 4.00. The zero-order valence-electron chi connectivity index (χ0n) is 12.3. The first-order valence-electron chi connectivity index (χ1n) is 7.16. The van der Waals surface area contributed by atoms with Crippen LogP contribution in [0.4, 0.5) is 5.82 Å². The molecule has 1 aliphatic heterocycles. The van der Waals surface area contributed by atoms with Crippen molar-refractivity contribution in [3.63, 3.8) is 0 Å². The van der Waals surface area contributed by atoms with Crippen LogP contribution >= 0.6 is 11.6 Å². The fraction of sp³-hybridized carbons (Fsp3) is 0.375. The van der Waals surface area contributed by atoms with E-state index in [4.69, 9.17) is 11.6 Å². The molecule has 1 N–H and O–H groups in total. The summed E-state index contributed by atoms with van der Waals surface area (Å²) in [6.45, 7) is 2.92. The van der Waals surface area contributed by atoms with Gasteiger partial charge in [0, 0.05) is 18.7 Å². The number of nitrogens with zero attached hydrogens (tertiary/aromatic N) is 3. The van der Waals surface area contributed by atoms with Crippen molar-refractivity contribution in [1.82, 2.24) is 14.9 Å². The Morgan fingerprint density at radius 1 is 1.24 bits per heavy atom. The molecule has 0 amide bonds. The molecule has 110 valence electrons. The lowest BCUT2D eigenvalue weighted by Gasteiger charge is -2.26. The molecule has 0 spiro atoms. The van der Waals surface area contributed by atoms with E-state index in [-0.39, 0.29) is 0 Å². The van der Waals surface area contributed by atoms with Crippen LogP contribution in [0.3, 0.4) is 0 Å². The van der Waals surface area contributed by atoms with Gasteiger partial charge in [0.05, 0.1) is 6.04 Å². The lowest BCUT2D eigenvalue weighted by molar-refractivity contribution is 0.309. The summed E-state index contributed by atoms with van der Waals surface area (Å²) >= 11 is 6.02. The number of likely N-dealkylation sites (tertiary alicyclic amines) is 1.